The summed E-state index contributed by atoms with van der Waals surface area (Å²) in [6.07, 6.45) is 15.2. The molecular formula is C36H43Cl2Zr. The summed E-state index contributed by atoms with van der Waals surface area (Å²) in [7, 11) is 0. The van der Waals surface area contributed by atoms with Gasteiger partial charge in [-0.1, -0.05) is 0 Å². The maximum atomic E-state index is 2.60. The van der Waals surface area contributed by atoms with E-state index in [9.17, 15) is 0 Å². The molecule has 0 aromatic heterocycles. The first-order valence-corrected chi connectivity index (χ1v) is 16.3. The van der Waals surface area contributed by atoms with Crippen LogP contribution in [0.15, 0.2) is 48.1 Å². The minimum Gasteiger partial charge on any atom is -1.00 e. The molecule has 0 spiro atoms. The van der Waals surface area contributed by atoms with Gasteiger partial charge in [-0.3, -0.25) is 0 Å². The largest absolute Gasteiger partial charge is 1.00 e. The number of allylic oxidation sites excluding steroid dienone is 4. The number of hydrogen-bond acceptors (Lipinski definition) is 0. The molecular weight excluding hydrogens is 595 g/mol. The average molecular weight is 638 g/mol. The van der Waals surface area contributed by atoms with Crippen LogP contribution in [0.5, 0.6) is 0 Å². The van der Waals surface area contributed by atoms with Gasteiger partial charge >= 0.3 is 241 Å². The van der Waals surface area contributed by atoms with Gasteiger partial charge in [0, 0.05) is 0 Å². The third-order valence-electron chi connectivity index (χ3n) is 10.7. The molecule has 205 valence electrons. The molecule has 0 aliphatic heterocycles. The molecule has 0 nitrogen and oxygen atoms in total. The molecule has 3 heteroatoms. The van der Waals surface area contributed by atoms with Crippen molar-refractivity contribution in [3.05, 3.63) is 75.9 Å². The molecule has 1 unspecified atom stereocenters. The van der Waals surface area contributed by atoms with Crippen LogP contribution in [0.4, 0.5) is 0 Å². The molecule has 6 aliphatic carbocycles. The Morgan fingerprint density at radius 2 is 1.36 bits per heavy atom. The van der Waals surface area contributed by atoms with Crippen molar-refractivity contribution in [3.8, 4) is 11.1 Å². The third-order valence-corrected chi connectivity index (χ3v) is 12.2. The topological polar surface area (TPSA) is 0 Å². The van der Waals surface area contributed by atoms with Gasteiger partial charge in [-0.15, -0.1) is 0 Å². The molecule has 4 fully saturated rings. The van der Waals surface area contributed by atoms with Crippen LogP contribution in [0.3, 0.4) is 0 Å². The number of hydrogen-bond donors (Lipinski definition) is 0. The minimum atomic E-state index is 0. The molecule has 1 atom stereocenters. The fourth-order valence-corrected chi connectivity index (χ4v) is 10.8. The van der Waals surface area contributed by atoms with Crippen molar-refractivity contribution in [3.63, 3.8) is 0 Å². The Bertz CT molecular complexity index is 1330. The van der Waals surface area contributed by atoms with Crippen molar-refractivity contribution in [1.29, 1.82) is 0 Å². The molecule has 2 aromatic carbocycles. The molecule has 0 heterocycles. The first kappa shape index (κ1) is 29.9. The third kappa shape index (κ3) is 4.64. The van der Waals surface area contributed by atoms with Gasteiger partial charge in [0.15, 0.2) is 0 Å². The average Bonchev–Trinajstić information content (AvgIpc) is 3.41. The fraction of sp³-hybridized carbons (Fsp3) is 0.556. The van der Waals surface area contributed by atoms with Gasteiger partial charge in [0.2, 0.25) is 0 Å². The zero-order valence-corrected chi connectivity index (χ0v) is 28.5. The van der Waals surface area contributed by atoms with E-state index in [0.29, 0.717) is 9.04 Å². The van der Waals surface area contributed by atoms with Crippen LogP contribution in [-0.4, -0.2) is 0 Å². The van der Waals surface area contributed by atoms with E-state index in [1.54, 1.807) is 58.1 Å². The Hall–Kier alpha value is -0.617. The van der Waals surface area contributed by atoms with Crippen LogP contribution in [0.2, 0.25) is 0 Å². The summed E-state index contributed by atoms with van der Waals surface area (Å²) >= 11 is 1.63. The molecule has 2 aromatic rings. The summed E-state index contributed by atoms with van der Waals surface area (Å²) < 4.78 is 0.530. The monoisotopic (exact) mass is 635 g/mol. The smallest absolute Gasteiger partial charge is 1.00 e. The van der Waals surface area contributed by atoms with Crippen molar-refractivity contribution in [2.75, 3.05) is 0 Å². The SMILES string of the molecule is CC(C)(C)c1ccc2c(c1)[CH]([Zr+2])c1c-2ccc(C(C)(C)C)c1C1=C(C23CC4CC(CC(C4)C2)C3)C=CC1.[Cl-].[Cl-]. The predicted octanol–water partition coefficient (Wildman–Crippen LogP) is 3.84. The van der Waals surface area contributed by atoms with Crippen LogP contribution < -0.4 is 24.8 Å². The van der Waals surface area contributed by atoms with Crippen LogP contribution in [0, 0.1) is 23.2 Å². The Balaban J connectivity index is 0.00000154. The van der Waals surface area contributed by atoms with E-state index < -0.39 is 0 Å². The Kier molecular flexibility index (Phi) is 7.65. The Labute approximate surface area is 264 Å². The van der Waals surface area contributed by atoms with Crippen LogP contribution in [-0.2, 0) is 35.5 Å². The van der Waals surface area contributed by atoms with Crippen molar-refractivity contribution < 1.29 is 49.5 Å². The maximum absolute atomic E-state index is 2.60. The standard InChI is InChI=1S/C36H43.2ClH.Zr/c1-34(2,3)26-10-11-27-25(17-26)18-30-28(27)12-13-32(35(4,5)6)33(30)29-8-7-9-31(29)36-19-22-14-23(20-36)16-24(15-22)21-36;;;/h7,9-13,17-18,22-24H,8,14-16,19-21H2,1-6H3;2*1H;/q;;;+2/p-2. The molecule has 39 heavy (non-hydrogen) atoms. The second-order valence-electron chi connectivity index (χ2n) is 15.4. The molecule has 4 bridgehead atoms. The van der Waals surface area contributed by atoms with Crippen molar-refractivity contribution >= 4 is 5.57 Å². The summed E-state index contributed by atoms with van der Waals surface area (Å²) in [6.45, 7) is 14.4. The Morgan fingerprint density at radius 3 is 1.92 bits per heavy atom. The summed E-state index contributed by atoms with van der Waals surface area (Å²) in [4.78, 5) is 0. The Morgan fingerprint density at radius 1 is 0.769 bits per heavy atom. The van der Waals surface area contributed by atoms with Gasteiger partial charge in [0.05, 0.1) is 0 Å². The zero-order valence-electron chi connectivity index (χ0n) is 24.6. The van der Waals surface area contributed by atoms with Gasteiger partial charge in [0.1, 0.15) is 0 Å². The molecule has 0 amide bonds. The molecule has 8 rings (SSSR count). The normalized spacial score (nSPS) is 30.3. The quantitative estimate of drug-likeness (QED) is 0.470. The van der Waals surface area contributed by atoms with Gasteiger partial charge in [-0.05, 0) is 0 Å². The number of fused-ring (bicyclic) bond motifs is 3. The van der Waals surface area contributed by atoms with E-state index in [-0.39, 0.29) is 35.6 Å². The van der Waals surface area contributed by atoms with Gasteiger partial charge in [-0.25, -0.2) is 0 Å². The van der Waals surface area contributed by atoms with E-state index in [1.807, 2.05) is 0 Å². The zero-order chi connectivity index (χ0) is 25.9. The first-order chi connectivity index (χ1) is 17.4. The van der Waals surface area contributed by atoms with E-state index in [2.05, 4.69) is 84.0 Å². The van der Waals surface area contributed by atoms with Crippen molar-refractivity contribution in [2.24, 2.45) is 23.2 Å². The van der Waals surface area contributed by atoms with Gasteiger partial charge in [-0.2, -0.15) is 0 Å². The van der Waals surface area contributed by atoms with E-state index in [0.717, 1.165) is 24.2 Å². The number of halogens is 2. The number of benzene rings is 2. The molecule has 0 saturated heterocycles. The predicted molar refractivity (Wildman–Crippen MR) is 152 cm³/mol. The number of rotatable bonds is 2. The molecule has 0 radical (unpaired) electrons. The summed E-state index contributed by atoms with van der Waals surface area (Å²) in [5.41, 5.74) is 15.2. The second kappa shape index (κ2) is 9.99. The van der Waals surface area contributed by atoms with Crippen molar-refractivity contribution in [2.45, 2.75) is 101 Å². The van der Waals surface area contributed by atoms with Crippen LogP contribution >= 0.6 is 0 Å². The van der Waals surface area contributed by atoms with Gasteiger partial charge in [0.25, 0.3) is 0 Å². The summed E-state index contributed by atoms with van der Waals surface area (Å²) in [6, 6.07) is 12.4. The minimum absolute atomic E-state index is 0. The fourth-order valence-electron chi connectivity index (χ4n) is 9.45. The van der Waals surface area contributed by atoms with Crippen LogP contribution in [0.25, 0.3) is 16.7 Å². The van der Waals surface area contributed by atoms with Crippen LogP contribution in [0.1, 0.15) is 118 Å². The van der Waals surface area contributed by atoms with E-state index >= 15 is 0 Å². The molecule has 4 saturated carbocycles. The van der Waals surface area contributed by atoms with Gasteiger partial charge < -0.3 is 24.8 Å². The first-order valence-electron chi connectivity index (χ1n) is 14.9. The van der Waals surface area contributed by atoms with E-state index in [1.165, 1.54) is 55.2 Å². The van der Waals surface area contributed by atoms with Crippen molar-refractivity contribution in [1.82, 2.24) is 0 Å². The maximum Gasteiger partial charge on any atom is -1.00 e. The summed E-state index contributed by atoms with van der Waals surface area (Å²) in [5, 5.41) is 0. The second-order valence-corrected chi connectivity index (χ2v) is 16.8. The summed E-state index contributed by atoms with van der Waals surface area (Å²) in [5.74, 6) is 2.96. The van der Waals surface area contributed by atoms with E-state index in [4.69, 9.17) is 0 Å². The molecule has 6 aliphatic rings. The molecule has 0 N–H and O–H groups in total.